The molecule has 2 N–H and O–H groups in total. The molecule has 0 radical (unpaired) electrons. The van der Waals surface area contributed by atoms with Gasteiger partial charge in [0, 0.05) is 25.8 Å². The summed E-state index contributed by atoms with van der Waals surface area (Å²) in [6, 6.07) is 6.51. The molecule has 114 valence electrons. The van der Waals surface area contributed by atoms with Crippen molar-refractivity contribution in [2.24, 2.45) is 0 Å². The first-order chi connectivity index (χ1) is 10.2. The van der Waals surface area contributed by atoms with Crippen LogP contribution in [0.25, 0.3) is 0 Å². The van der Waals surface area contributed by atoms with E-state index in [4.69, 9.17) is 4.74 Å². The Morgan fingerprint density at radius 1 is 1.29 bits per heavy atom. The number of hydrogen-bond acceptors (Lipinski definition) is 3. The maximum atomic E-state index is 13.2. The van der Waals surface area contributed by atoms with Crippen molar-refractivity contribution in [1.82, 2.24) is 10.6 Å². The molecule has 2 saturated heterocycles. The van der Waals surface area contributed by atoms with Crippen LogP contribution >= 0.6 is 0 Å². The molecule has 2 heterocycles. The minimum Gasteiger partial charge on any atom is -0.381 e. The molecule has 2 fully saturated rings. The molecule has 1 unspecified atom stereocenters. The van der Waals surface area contributed by atoms with Crippen LogP contribution in [0.5, 0.6) is 0 Å². The second-order valence-electron chi connectivity index (χ2n) is 5.86. The summed E-state index contributed by atoms with van der Waals surface area (Å²) in [5.41, 5.74) is 0.296. The molecule has 0 spiro atoms. The average molecular weight is 292 g/mol. The molecule has 2 aliphatic rings. The second kappa shape index (κ2) is 6.12. The molecule has 0 saturated carbocycles. The molecule has 0 aliphatic carbocycles. The van der Waals surface area contributed by atoms with E-state index in [2.05, 4.69) is 10.6 Å². The lowest BCUT2D eigenvalue weighted by atomic mass is 9.73. The number of ether oxygens (including phenoxy) is 1. The monoisotopic (exact) mass is 292 g/mol. The van der Waals surface area contributed by atoms with Gasteiger partial charge in [-0.15, -0.1) is 0 Å². The van der Waals surface area contributed by atoms with Crippen LogP contribution in [0, 0.1) is 5.82 Å². The van der Waals surface area contributed by atoms with Gasteiger partial charge in [-0.05, 0) is 43.5 Å². The third-order valence-electron chi connectivity index (χ3n) is 4.57. The fourth-order valence-electron chi connectivity index (χ4n) is 3.24. The Hall–Kier alpha value is -1.46. The Morgan fingerprint density at radius 2 is 2.00 bits per heavy atom. The van der Waals surface area contributed by atoms with E-state index in [1.165, 1.54) is 12.1 Å². The van der Waals surface area contributed by atoms with E-state index in [0.29, 0.717) is 26.1 Å². The smallest absolute Gasteiger partial charge is 0.231 e. The lowest BCUT2D eigenvalue weighted by Gasteiger charge is -2.37. The van der Waals surface area contributed by atoms with Crippen molar-refractivity contribution in [2.75, 3.05) is 26.3 Å². The number of carbonyl (C=O) groups excluding carboxylic acids is 1. The number of rotatable bonds is 3. The molecular formula is C16H21FN2O2. The molecule has 1 aromatic carbocycles. The first-order valence-corrected chi connectivity index (χ1v) is 7.56. The molecule has 21 heavy (non-hydrogen) atoms. The largest absolute Gasteiger partial charge is 0.381 e. The summed E-state index contributed by atoms with van der Waals surface area (Å²) in [6.07, 6.45) is 2.25. The van der Waals surface area contributed by atoms with Crippen molar-refractivity contribution in [3.8, 4) is 0 Å². The number of amides is 1. The van der Waals surface area contributed by atoms with Gasteiger partial charge < -0.3 is 15.4 Å². The molecule has 5 heteroatoms. The molecule has 1 atom stereocenters. The number of hydrogen-bond donors (Lipinski definition) is 2. The summed E-state index contributed by atoms with van der Waals surface area (Å²) in [7, 11) is 0. The normalized spacial score (nSPS) is 24.7. The number of carbonyl (C=O) groups is 1. The van der Waals surface area contributed by atoms with E-state index in [0.717, 1.165) is 25.1 Å². The first kappa shape index (κ1) is 14.5. The zero-order valence-electron chi connectivity index (χ0n) is 12.0. The lowest BCUT2D eigenvalue weighted by Crippen LogP contribution is -2.51. The van der Waals surface area contributed by atoms with Crippen LogP contribution in [0.15, 0.2) is 24.3 Å². The van der Waals surface area contributed by atoms with Gasteiger partial charge in [0.05, 0.1) is 5.41 Å². The summed E-state index contributed by atoms with van der Waals surface area (Å²) in [4.78, 5) is 12.9. The number of halogens is 1. The highest BCUT2D eigenvalue weighted by Crippen LogP contribution is 2.35. The van der Waals surface area contributed by atoms with Crippen LogP contribution in [0.2, 0.25) is 0 Å². The summed E-state index contributed by atoms with van der Waals surface area (Å²) >= 11 is 0. The second-order valence-corrected chi connectivity index (χ2v) is 5.86. The van der Waals surface area contributed by atoms with Gasteiger partial charge in [0.1, 0.15) is 5.82 Å². The van der Waals surface area contributed by atoms with Crippen LogP contribution in [0.4, 0.5) is 4.39 Å². The quantitative estimate of drug-likeness (QED) is 0.884. The van der Waals surface area contributed by atoms with E-state index in [1.807, 2.05) is 0 Å². The van der Waals surface area contributed by atoms with Crippen molar-refractivity contribution in [1.29, 1.82) is 0 Å². The Bertz CT molecular complexity index is 492. The summed E-state index contributed by atoms with van der Waals surface area (Å²) < 4.78 is 18.6. The van der Waals surface area contributed by atoms with Crippen molar-refractivity contribution in [3.63, 3.8) is 0 Å². The molecule has 0 bridgehead atoms. The third kappa shape index (κ3) is 2.94. The molecule has 2 aliphatic heterocycles. The third-order valence-corrected chi connectivity index (χ3v) is 4.57. The maximum Gasteiger partial charge on any atom is 0.231 e. The van der Waals surface area contributed by atoms with Crippen LogP contribution in [-0.2, 0) is 14.9 Å². The van der Waals surface area contributed by atoms with Crippen LogP contribution in [0.3, 0.4) is 0 Å². The van der Waals surface area contributed by atoms with Crippen LogP contribution in [-0.4, -0.2) is 38.3 Å². The maximum absolute atomic E-state index is 13.2. The van der Waals surface area contributed by atoms with E-state index < -0.39 is 5.41 Å². The molecule has 1 aromatic rings. The van der Waals surface area contributed by atoms with Gasteiger partial charge in [-0.2, -0.15) is 0 Å². The van der Waals surface area contributed by atoms with Gasteiger partial charge in [-0.25, -0.2) is 4.39 Å². The lowest BCUT2D eigenvalue weighted by molar-refractivity contribution is -0.131. The van der Waals surface area contributed by atoms with Gasteiger partial charge >= 0.3 is 0 Å². The minimum atomic E-state index is -0.589. The fourth-order valence-corrected chi connectivity index (χ4v) is 3.24. The van der Waals surface area contributed by atoms with Gasteiger partial charge in [-0.1, -0.05) is 12.1 Å². The van der Waals surface area contributed by atoms with E-state index in [-0.39, 0.29) is 17.8 Å². The molecular weight excluding hydrogens is 271 g/mol. The van der Waals surface area contributed by atoms with Crippen molar-refractivity contribution >= 4 is 5.91 Å². The first-order valence-electron chi connectivity index (χ1n) is 7.56. The minimum absolute atomic E-state index is 0.0473. The number of nitrogens with one attached hydrogen (secondary N) is 2. The highest BCUT2D eigenvalue weighted by atomic mass is 19.1. The SMILES string of the molecule is O=C(NC1CCNC1)C1(c2ccc(F)cc2)CCOCC1. The zero-order chi connectivity index (χ0) is 14.7. The van der Waals surface area contributed by atoms with Crippen molar-refractivity contribution in [2.45, 2.75) is 30.7 Å². The van der Waals surface area contributed by atoms with E-state index >= 15 is 0 Å². The topological polar surface area (TPSA) is 50.4 Å². The predicted molar refractivity (Wildman–Crippen MR) is 77.5 cm³/mol. The zero-order valence-corrected chi connectivity index (χ0v) is 12.0. The van der Waals surface area contributed by atoms with E-state index in [1.54, 1.807) is 12.1 Å². The summed E-state index contributed by atoms with van der Waals surface area (Å²) in [5, 5.41) is 6.40. The average Bonchev–Trinajstić information content (AvgIpc) is 3.01. The Labute approximate surface area is 124 Å². The Morgan fingerprint density at radius 3 is 2.62 bits per heavy atom. The standard InChI is InChI=1S/C16H21FN2O2/c17-13-3-1-12(2-4-13)16(6-9-21-10-7-16)15(20)19-14-5-8-18-11-14/h1-4,14,18H,5-11H2,(H,19,20). The van der Waals surface area contributed by atoms with Crippen molar-refractivity contribution < 1.29 is 13.9 Å². The molecule has 4 nitrogen and oxygen atoms in total. The highest BCUT2D eigenvalue weighted by Gasteiger charge is 2.42. The van der Waals surface area contributed by atoms with Gasteiger partial charge in [0.15, 0.2) is 0 Å². The van der Waals surface area contributed by atoms with E-state index in [9.17, 15) is 9.18 Å². The Balaban J connectivity index is 1.84. The van der Waals surface area contributed by atoms with Crippen molar-refractivity contribution in [3.05, 3.63) is 35.6 Å². The molecule has 1 amide bonds. The summed E-state index contributed by atoms with van der Waals surface area (Å²) in [5.74, 6) is -0.229. The van der Waals surface area contributed by atoms with Gasteiger partial charge in [-0.3, -0.25) is 4.79 Å². The predicted octanol–water partition coefficient (Wildman–Crippen LogP) is 1.35. The number of benzene rings is 1. The van der Waals surface area contributed by atoms with Gasteiger partial charge in [0.25, 0.3) is 0 Å². The Kier molecular flexibility index (Phi) is 4.22. The van der Waals surface area contributed by atoms with Crippen LogP contribution in [0.1, 0.15) is 24.8 Å². The molecule has 0 aromatic heterocycles. The molecule has 3 rings (SSSR count). The highest BCUT2D eigenvalue weighted by molar-refractivity contribution is 5.88. The van der Waals surface area contributed by atoms with Gasteiger partial charge in [0.2, 0.25) is 5.91 Å². The fraction of sp³-hybridized carbons (Fsp3) is 0.562. The van der Waals surface area contributed by atoms with Crippen LogP contribution < -0.4 is 10.6 Å². The summed E-state index contributed by atoms with van der Waals surface area (Å²) in [6.45, 7) is 2.89.